The topological polar surface area (TPSA) is 58.4 Å². The zero-order chi connectivity index (χ0) is 12.7. The Morgan fingerprint density at radius 3 is 2.94 bits per heavy atom. The Hall–Kier alpha value is -1.36. The van der Waals surface area contributed by atoms with Gasteiger partial charge < -0.3 is 14.6 Å². The molecule has 2 fully saturated rings. The number of aryl methyl sites for hydroxylation is 2. The number of nitrogens with zero attached hydrogens (tertiary/aromatic N) is 2. The van der Waals surface area contributed by atoms with Crippen LogP contribution < -0.4 is 5.32 Å². The van der Waals surface area contributed by atoms with E-state index in [4.69, 9.17) is 4.42 Å². The van der Waals surface area contributed by atoms with Crippen LogP contribution in [0.2, 0.25) is 0 Å². The van der Waals surface area contributed by atoms with Crippen molar-refractivity contribution in [3.05, 3.63) is 17.3 Å². The number of rotatable bonds is 1. The van der Waals surface area contributed by atoms with E-state index < -0.39 is 0 Å². The molecular weight excluding hydrogens is 230 g/mol. The molecule has 0 radical (unpaired) electrons. The SMILES string of the molecule is Cc1nc(C)c(C(=O)N2C[C@@H]3CCCN[C@@H]3C2)o1. The summed E-state index contributed by atoms with van der Waals surface area (Å²) in [7, 11) is 0. The van der Waals surface area contributed by atoms with Gasteiger partial charge in [0.05, 0.1) is 5.69 Å². The van der Waals surface area contributed by atoms with E-state index in [2.05, 4.69) is 10.3 Å². The zero-order valence-electron chi connectivity index (χ0n) is 10.9. The number of hydrogen-bond acceptors (Lipinski definition) is 4. The third-order valence-electron chi connectivity index (χ3n) is 3.98. The van der Waals surface area contributed by atoms with Crippen molar-refractivity contribution in [3.8, 4) is 0 Å². The lowest BCUT2D eigenvalue weighted by molar-refractivity contribution is 0.0751. The number of amides is 1. The second-order valence-corrected chi connectivity index (χ2v) is 5.32. The molecule has 18 heavy (non-hydrogen) atoms. The predicted octanol–water partition coefficient (Wildman–Crippen LogP) is 1.12. The third-order valence-corrected chi connectivity index (χ3v) is 3.98. The Kier molecular flexibility index (Phi) is 2.86. The van der Waals surface area contributed by atoms with E-state index in [1.54, 1.807) is 6.92 Å². The van der Waals surface area contributed by atoms with Crippen molar-refractivity contribution in [2.45, 2.75) is 32.7 Å². The maximum atomic E-state index is 12.4. The molecule has 2 saturated heterocycles. The summed E-state index contributed by atoms with van der Waals surface area (Å²) in [6.07, 6.45) is 2.43. The van der Waals surface area contributed by atoms with Crippen LogP contribution in [-0.2, 0) is 0 Å². The molecule has 0 bridgehead atoms. The number of aromatic nitrogens is 1. The number of carbonyl (C=O) groups is 1. The van der Waals surface area contributed by atoms with Crippen LogP contribution in [-0.4, -0.2) is 41.5 Å². The number of carbonyl (C=O) groups excluding carboxylic acids is 1. The van der Waals surface area contributed by atoms with E-state index >= 15 is 0 Å². The Morgan fingerprint density at radius 1 is 1.44 bits per heavy atom. The molecule has 1 N–H and O–H groups in total. The lowest BCUT2D eigenvalue weighted by Gasteiger charge is -2.24. The first kappa shape index (κ1) is 11.7. The highest BCUT2D eigenvalue weighted by Crippen LogP contribution is 2.26. The average Bonchev–Trinajstić information content (AvgIpc) is 2.91. The summed E-state index contributed by atoms with van der Waals surface area (Å²) in [5, 5.41) is 3.50. The van der Waals surface area contributed by atoms with Gasteiger partial charge in [-0.05, 0) is 32.2 Å². The first-order chi connectivity index (χ1) is 8.65. The molecule has 5 heteroatoms. The molecule has 5 nitrogen and oxygen atoms in total. The van der Waals surface area contributed by atoms with Gasteiger partial charge in [-0.2, -0.15) is 0 Å². The van der Waals surface area contributed by atoms with E-state index in [0.717, 1.165) is 19.6 Å². The van der Waals surface area contributed by atoms with Gasteiger partial charge in [-0.25, -0.2) is 4.98 Å². The number of oxazole rings is 1. The molecule has 0 unspecified atom stereocenters. The van der Waals surface area contributed by atoms with Crippen LogP contribution in [0.25, 0.3) is 0 Å². The molecule has 3 heterocycles. The Bertz CT molecular complexity index is 455. The van der Waals surface area contributed by atoms with Crippen LogP contribution in [0, 0.1) is 19.8 Å². The number of nitrogens with one attached hydrogen (secondary N) is 1. The van der Waals surface area contributed by atoms with Crippen molar-refractivity contribution < 1.29 is 9.21 Å². The van der Waals surface area contributed by atoms with Crippen molar-refractivity contribution in [3.63, 3.8) is 0 Å². The van der Waals surface area contributed by atoms with Crippen LogP contribution in [0.5, 0.6) is 0 Å². The average molecular weight is 249 g/mol. The van der Waals surface area contributed by atoms with Crippen molar-refractivity contribution in [1.29, 1.82) is 0 Å². The standard InChI is InChI=1S/C13H19N3O2/c1-8-12(18-9(2)15-8)13(17)16-6-10-4-3-5-14-11(10)7-16/h10-11,14H,3-7H2,1-2H3/t10-,11+/m0/s1. The fourth-order valence-electron chi connectivity index (χ4n) is 3.09. The maximum absolute atomic E-state index is 12.4. The quantitative estimate of drug-likeness (QED) is 0.810. The third kappa shape index (κ3) is 1.92. The lowest BCUT2D eigenvalue weighted by Crippen LogP contribution is -2.41. The molecule has 0 spiro atoms. The summed E-state index contributed by atoms with van der Waals surface area (Å²) < 4.78 is 5.42. The van der Waals surface area contributed by atoms with E-state index in [-0.39, 0.29) is 5.91 Å². The minimum absolute atomic E-state index is 0.00991. The zero-order valence-corrected chi connectivity index (χ0v) is 10.9. The largest absolute Gasteiger partial charge is 0.436 e. The molecule has 98 valence electrons. The summed E-state index contributed by atoms with van der Waals surface area (Å²) >= 11 is 0. The minimum Gasteiger partial charge on any atom is -0.436 e. The van der Waals surface area contributed by atoms with Crippen molar-refractivity contribution in [2.24, 2.45) is 5.92 Å². The fraction of sp³-hybridized carbons (Fsp3) is 0.692. The number of fused-ring (bicyclic) bond motifs is 1. The molecular formula is C13H19N3O2. The Labute approximate surface area is 107 Å². The maximum Gasteiger partial charge on any atom is 0.291 e. The van der Waals surface area contributed by atoms with Crippen LogP contribution >= 0.6 is 0 Å². The van der Waals surface area contributed by atoms with Crippen molar-refractivity contribution in [2.75, 3.05) is 19.6 Å². The summed E-state index contributed by atoms with van der Waals surface area (Å²) in [5.41, 5.74) is 0.695. The monoisotopic (exact) mass is 249 g/mol. The van der Waals surface area contributed by atoms with Crippen LogP contribution in [0.4, 0.5) is 0 Å². The van der Waals surface area contributed by atoms with E-state index in [9.17, 15) is 4.79 Å². The molecule has 0 saturated carbocycles. The summed E-state index contributed by atoms with van der Waals surface area (Å²) in [6.45, 7) is 6.31. The van der Waals surface area contributed by atoms with Gasteiger partial charge in [0.2, 0.25) is 5.76 Å². The number of likely N-dealkylation sites (tertiary alicyclic amines) is 1. The highest BCUT2D eigenvalue weighted by Gasteiger charge is 2.37. The molecule has 0 aliphatic carbocycles. The Balaban J connectivity index is 1.76. The van der Waals surface area contributed by atoms with Crippen molar-refractivity contribution in [1.82, 2.24) is 15.2 Å². The van der Waals surface area contributed by atoms with E-state index in [1.807, 2.05) is 11.8 Å². The lowest BCUT2D eigenvalue weighted by atomic mass is 9.94. The molecule has 2 aliphatic rings. The van der Waals surface area contributed by atoms with Crippen molar-refractivity contribution >= 4 is 5.91 Å². The number of hydrogen-bond donors (Lipinski definition) is 1. The Morgan fingerprint density at radius 2 is 2.28 bits per heavy atom. The van der Waals surface area contributed by atoms with Crippen LogP contribution in [0.3, 0.4) is 0 Å². The normalized spacial score (nSPS) is 27.3. The van der Waals surface area contributed by atoms with Gasteiger partial charge in [0.15, 0.2) is 5.89 Å². The van der Waals surface area contributed by atoms with Gasteiger partial charge in [-0.1, -0.05) is 0 Å². The van der Waals surface area contributed by atoms with Gasteiger partial charge in [0.25, 0.3) is 5.91 Å². The highest BCUT2D eigenvalue weighted by atomic mass is 16.4. The van der Waals surface area contributed by atoms with Crippen LogP contribution in [0.1, 0.15) is 35.0 Å². The van der Waals surface area contributed by atoms with Crippen LogP contribution in [0.15, 0.2) is 4.42 Å². The molecule has 2 atom stereocenters. The smallest absolute Gasteiger partial charge is 0.291 e. The second-order valence-electron chi connectivity index (χ2n) is 5.32. The van der Waals surface area contributed by atoms with E-state index in [0.29, 0.717) is 29.3 Å². The summed E-state index contributed by atoms with van der Waals surface area (Å²) in [5.74, 6) is 1.56. The van der Waals surface area contributed by atoms with E-state index in [1.165, 1.54) is 12.8 Å². The molecule has 2 aliphatic heterocycles. The molecule has 1 aromatic rings. The van der Waals surface area contributed by atoms with Gasteiger partial charge >= 0.3 is 0 Å². The first-order valence-corrected chi connectivity index (χ1v) is 6.62. The second kappa shape index (κ2) is 4.39. The molecule has 0 aromatic carbocycles. The fourth-order valence-corrected chi connectivity index (χ4v) is 3.09. The highest BCUT2D eigenvalue weighted by molar-refractivity contribution is 5.92. The first-order valence-electron chi connectivity index (χ1n) is 6.62. The van der Waals surface area contributed by atoms with Gasteiger partial charge in [0.1, 0.15) is 0 Å². The van der Waals surface area contributed by atoms with Gasteiger partial charge in [-0.15, -0.1) is 0 Å². The summed E-state index contributed by atoms with van der Waals surface area (Å²) in [6, 6.07) is 0.465. The van der Waals surface area contributed by atoms with Gasteiger partial charge in [-0.3, -0.25) is 4.79 Å². The molecule has 1 aromatic heterocycles. The number of piperidine rings is 1. The predicted molar refractivity (Wildman–Crippen MR) is 66.4 cm³/mol. The molecule has 3 rings (SSSR count). The minimum atomic E-state index is -0.00991. The molecule has 1 amide bonds. The van der Waals surface area contributed by atoms with Gasteiger partial charge in [0, 0.05) is 26.1 Å². The summed E-state index contributed by atoms with van der Waals surface area (Å²) in [4.78, 5) is 18.5.